The van der Waals surface area contributed by atoms with Crippen LogP contribution in [-0.4, -0.2) is 38.5 Å². The summed E-state index contributed by atoms with van der Waals surface area (Å²) in [5.41, 5.74) is 2.12. The predicted molar refractivity (Wildman–Crippen MR) is 102 cm³/mol. The van der Waals surface area contributed by atoms with Crippen molar-refractivity contribution in [3.05, 3.63) is 59.7 Å². The highest BCUT2D eigenvalue weighted by Crippen LogP contribution is 2.29. The molecule has 2 unspecified atom stereocenters. The summed E-state index contributed by atoms with van der Waals surface area (Å²) in [5, 5.41) is 14.9. The Bertz CT molecular complexity index is 659. The van der Waals surface area contributed by atoms with E-state index in [1.54, 1.807) is 14.2 Å². The molecular weight excluding hydrogens is 399 g/mol. The molecule has 2 aromatic carbocycles. The Labute approximate surface area is 180 Å². The molecule has 28 heavy (non-hydrogen) atoms. The van der Waals surface area contributed by atoms with E-state index in [2.05, 4.69) is 23.6 Å². The van der Waals surface area contributed by atoms with E-state index in [1.807, 2.05) is 42.5 Å². The molecule has 0 aliphatic heterocycles. The van der Waals surface area contributed by atoms with Crippen LogP contribution in [0.1, 0.15) is 30.6 Å². The van der Waals surface area contributed by atoms with E-state index in [1.165, 1.54) is 0 Å². The Hall–Kier alpha value is -1.50. The van der Waals surface area contributed by atoms with Gasteiger partial charge < -0.3 is 50.0 Å². The first-order valence-corrected chi connectivity index (χ1v) is 9.25. The number of methoxy groups -OCH3 is 2. The molecule has 2 aromatic rings. The van der Waals surface area contributed by atoms with E-state index in [4.69, 9.17) is 9.47 Å². The Morgan fingerprint density at radius 3 is 2.29 bits per heavy atom. The minimum Gasteiger partial charge on any atom is -1.00 e. The van der Waals surface area contributed by atoms with Crippen LogP contribution < -0.4 is 44.9 Å². The van der Waals surface area contributed by atoms with Crippen molar-refractivity contribution in [2.45, 2.75) is 32.0 Å². The highest BCUT2D eigenvalue weighted by atomic mass is 35.5. The molecule has 0 aromatic heterocycles. The molecule has 0 saturated heterocycles. The molecule has 0 aliphatic carbocycles. The number of benzene rings is 2. The Morgan fingerprint density at radius 1 is 0.929 bits per heavy atom. The fourth-order valence-corrected chi connectivity index (χ4v) is 3.10. The van der Waals surface area contributed by atoms with E-state index in [9.17, 15) is 5.11 Å². The number of nitrogens with two attached hydrogens (primary N) is 2. The number of quaternary nitrogens is 2. The first kappa shape index (κ1) is 26.5. The lowest BCUT2D eigenvalue weighted by Crippen LogP contribution is -3.00. The van der Waals surface area contributed by atoms with Crippen molar-refractivity contribution in [2.24, 2.45) is 0 Å². The Morgan fingerprint density at radius 2 is 1.64 bits per heavy atom. The monoisotopic (exact) mass is 430 g/mol. The predicted octanol–water partition coefficient (Wildman–Crippen LogP) is -5.15. The third-order valence-corrected chi connectivity index (χ3v) is 4.64. The highest BCUT2D eigenvalue weighted by molar-refractivity contribution is 5.46. The van der Waals surface area contributed by atoms with Crippen LogP contribution in [0.2, 0.25) is 0 Å². The van der Waals surface area contributed by atoms with Gasteiger partial charge in [-0.2, -0.15) is 0 Å². The van der Waals surface area contributed by atoms with Crippen LogP contribution in [0, 0.1) is 0 Å². The van der Waals surface area contributed by atoms with Crippen LogP contribution in [0.5, 0.6) is 11.5 Å². The summed E-state index contributed by atoms with van der Waals surface area (Å²) in [4.78, 5) is 0. The second-order valence-corrected chi connectivity index (χ2v) is 6.53. The first-order valence-electron chi connectivity index (χ1n) is 9.25. The van der Waals surface area contributed by atoms with Crippen molar-refractivity contribution in [1.29, 1.82) is 0 Å². The van der Waals surface area contributed by atoms with Crippen molar-refractivity contribution < 1.29 is 50.0 Å². The van der Waals surface area contributed by atoms with E-state index in [0.717, 1.165) is 48.7 Å². The van der Waals surface area contributed by atoms with Gasteiger partial charge in [-0.1, -0.05) is 36.4 Å². The third kappa shape index (κ3) is 7.86. The molecule has 7 heteroatoms. The Balaban J connectivity index is 0.00000364. The van der Waals surface area contributed by atoms with Crippen molar-refractivity contribution in [2.75, 3.05) is 27.3 Å². The molecule has 0 amide bonds. The summed E-state index contributed by atoms with van der Waals surface area (Å²) < 4.78 is 10.8. The van der Waals surface area contributed by atoms with Crippen LogP contribution in [-0.2, 0) is 6.54 Å². The lowest BCUT2D eigenvalue weighted by molar-refractivity contribution is -0.709. The minimum absolute atomic E-state index is 0. The van der Waals surface area contributed by atoms with Gasteiger partial charge in [-0.15, -0.1) is 0 Å². The number of ether oxygens (including phenoxy) is 2. The zero-order chi connectivity index (χ0) is 18.8. The van der Waals surface area contributed by atoms with Gasteiger partial charge in [-0.3, -0.25) is 0 Å². The van der Waals surface area contributed by atoms with Crippen molar-refractivity contribution >= 4 is 0 Å². The maximum Gasteiger partial charge on any atom is 0.169 e. The Kier molecular flexibility index (Phi) is 13.7. The number of aliphatic hydroxyl groups is 1. The summed E-state index contributed by atoms with van der Waals surface area (Å²) in [6.45, 7) is 4.97. The van der Waals surface area contributed by atoms with Crippen LogP contribution in [0.4, 0.5) is 0 Å². The zero-order valence-electron chi connectivity index (χ0n) is 16.8. The molecule has 0 radical (unpaired) electrons. The number of hydrogen-bond acceptors (Lipinski definition) is 3. The van der Waals surface area contributed by atoms with Gasteiger partial charge in [0, 0.05) is 6.42 Å². The van der Waals surface area contributed by atoms with Crippen LogP contribution in [0.25, 0.3) is 0 Å². The molecule has 2 atom stereocenters. The lowest BCUT2D eigenvalue weighted by Gasteiger charge is -2.17. The molecule has 158 valence electrons. The number of para-hydroxylation sites is 1. The van der Waals surface area contributed by atoms with Gasteiger partial charge in [0.2, 0.25) is 0 Å². The molecular formula is C21H32Cl2N2O3. The number of aliphatic hydroxyl groups excluding tert-OH is 1. The fourth-order valence-electron chi connectivity index (χ4n) is 3.10. The number of hydrogen-bond donors (Lipinski definition) is 3. The average molecular weight is 431 g/mol. The molecule has 0 fully saturated rings. The summed E-state index contributed by atoms with van der Waals surface area (Å²) in [6.07, 6.45) is 0.652. The van der Waals surface area contributed by atoms with Crippen molar-refractivity contribution in [3.63, 3.8) is 0 Å². The molecule has 2 rings (SSSR count). The largest absolute Gasteiger partial charge is 1.00 e. The van der Waals surface area contributed by atoms with E-state index >= 15 is 0 Å². The molecule has 0 bridgehead atoms. The number of halogens is 2. The summed E-state index contributed by atoms with van der Waals surface area (Å²) in [5.74, 6) is 1.59. The standard InChI is InChI=1S/C21H30N2O3.2ClH/c1-16(20(24)17-9-5-4-6-10-17)23-14-8-13-22-15-18-11-7-12-19(25-2)21(18)26-3;;/h4-7,9-12,16,20,22-24H,8,13-15H2,1-3H3;2*1H. The molecule has 5 N–H and O–H groups in total. The minimum atomic E-state index is -0.429. The summed E-state index contributed by atoms with van der Waals surface area (Å²) in [7, 11) is 3.34. The van der Waals surface area contributed by atoms with Gasteiger partial charge in [-0.25, -0.2) is 0 Å². The van der Waals surface area contributed by atoms with Gasteiger partial charge in [0.1, 0.15) is 18.7 Å². The fraction of sp³-hybridized carbons (Fsp3) is 0.429. The molecule has 0 spiro atoms. The van der Waals surface area contributed by atoms with Gasteiger partial charge in [0.15, 0.2) is 11.5 Å². The second-order valence-electron chi connectivity index (χ2n) is 6.53. The zero-order valence-corrected chi connectivity index (χ0v) is 18.3. The molecule has 0 heterocycles. The smallest absolute Gasteiger partial charge is 0.169 e. The van der Waals surface area contributed by atoms with Crippen molar-refractivity contribution in [1.82, 2.24) is 0 Å². The summed E-state index contributed by atoms with van der Waals surface area (Å²) in [6, 6.07) is 16.0. The van der Waals surface area contributed by atoms with Gasteiger partial charge in [0.05, 0.1) is 32.9 Å². The van der Waals surface area contributed by atoms with E-state index in [-0.39, 0.29) is 30.9 Å². The van der Waals surface area contributed by atoms with E-state index in [0.29, 0.717) is 0 Å². The van der Waals surface area contributed by atoms with Gasteiger partial charge in [-0.05, 0) is 24.6 Å². The lowest BCUT2D eigenvalue weighted by atomic mass is 10.0. The van der Waals surface area contributed by atoms with E-state index < -0.39 is 6.10 Å². The topological polar surface area (TPSA) is 71.9 Å². The maximum atomic E-state index is 10.4. The van der Waals surface area contributed by atoms with Crippen LogP contribution in [0.15, 0.2) is 48.5 Å². The van der Waals surface area contributed by atoms with Crippen LogP contribution >= 0.6 is 0 Å². The van der Waals surface area contributed by atoms with Gasteiger partial charge in [0.25, 0.3) is 0 Å². The molecule has 0 aliphatic rings. The first-order chi connectivity index (χ1) is 12.7. The number of rotatable bonds is 11. The highest BCUT2D eigenvalue weighted by Gasteiger charge is 2.18. The summed E-state index contributed by atoms with van der Waals surface area (Å²) >= 11 is 0. The van der Waals surface area contributed by atoms with Crippen LogP contribution in [0.3, 0.4) is 0 Å². The SMILES string of the molecule is COc1cccc(C[NH2+]CCC[NH2+]C(C)C(O)c2ccccc2)c1OC.[Cl-].[Cl-]. The second kappa shape index (κ2) is 14.5. The quantitative estimate of drug-likeness (QED) is 0.312. The van der Waals surface area contributed by atoms with Crippen molar-refractivity contribution in [3.8, 4) is 11.5 Å². The molecule has 0 saturated carbocycles. The molecule has 5 nitrogen and oxygen atoms in total. The van der Waals surface area contributed by atoms with Gasteiger partial charge >= 0.3 is 0 Å². The normalized spacial score (nSPS) is 12.3. The maximum absolute atomic E-state index is 10.4. The average Bonchev–Trinajstić information content (AvgIpc) is 2.70. The third-order valence-electron chi connectivity index (χ3n) is 4.64.